The van der Waals surface area contributed by atoms with Crippen LogP contribution in [-0.2, 0) is 6.42 Å². The summed E-state index contributed by atoms with van der Waals surface area (Å²) in [6.45, 7) is 3.35. The van der Waals surface area contributed by atoms with Crippen LogP contribution in [0.25, 0.3) is 0 Å². The summed E-state index contributed by atoms with van der Waals surface area (Å²) in [5.41, 5.74) is 2.42. The van der Waals surface area contributed by atoms with Crippen LogP contribution in [0.3, 0.4) is 0 Å². The summed E-state index contributed by atoms with van der Waals surface area (Å²) in [6, 6.07) is 7.78. The van der Waals surface area contributed by atoms with E-state index in [1.165, 1.54) is 6.92 Å². The average Bonchev–Trinajstić information content (AvgIpc) is 2.39. The molecule has 0 N–H and O–H groups in total. The number of benzene rings is 1. The molecule has 0 aliphatic carbocycles. The lowest BCUT2D eigenvalue weighted by molar-refractivity contribution is 0.101. The molecule has 0 radical (unpaired) electrons. The second kappa shape index (κ2) is 5.61. The van der Waals surface area contributed by atoms with Crippen LogP contribution in [0, 0.1) is 6.92 Å². The highest BCUT2D eigenvalue weighted by Crippen LogP contribution is 2.14. The van der Waals surface area contributed by atoms with Gasteiger partial charge in [0.25, 0.3) is 0 Å². The molecule has 0 unspecified atom stereocenters. The fourth-order valence-corrected chi connectivity index (χ4v) is 1.87. The van der Waals surface area contributed by atoms with Crippen molar-refractivity contribution in [1.29, 1.82) is 0 Å². The van der Waals surface area contributed by atoms with Crippen molar-refractivity contribution in [3.05, 3.63) is 53.1 Å². The molecule has 0 saturated heterocycles. The summed E-state index contributed by atoms with van der Waals surface area (Å²) >= 11 is 0. The van der Waals surface area contributed by atoms with Crippen LogP contribution >= 0.6 is 0 Å². The minimum atomic E-state index is -0.00602. The lowest BCUT2D eigenvalue weighted by Crippen LogP contribution is -2.05. The Morgan fingerprint density at radius 2 is 1.95 bits per heavy atom. The Labute approximate surface area is 112 Å². The van der Waals surface area contributed by atoms with Crippen molar-refractivity contribution in [3.63, 3.8) is 0 Å². The molecular formula is C15H16N2O2. The van der Waals surface area contributed by atoms with Gasteiger partial charge in [0, 0.05) is 12.6 Å². The Balaban J connectivity index is 2.18. The maximum Gasteiger partial charge on any atom is 0.163 e. The maximum absolute atomic E-state index is 11.3. The van der Waals surface area contributed by atoms with Gasteiger partial charge in [-0.25, -0.2) is 9.97 Å². The Bertz CT molecular complexity index is 592. The monoisotopic (exact) mass is 256 g/mol. The molecule has 0 bridgehead atoms. The maximum atomic E-state index is 11.3. The lowest BCUT2D eigenvalue weighted by atomic mass is 10.1. The molecule has 0 aliphatic rings. The van der Waals surface area contributed by atoms with Crippen LogP contribution in [0.1, 0.15) is 34.4 Å². The zero-order valence-corrected chi connectivity index (χ0v) is 11.3. The van der Waals surface area contributed by atoms with Crippen molar-refractivity contribution in [3.8, 4) is 5.75 Å². The van der Waals surface area contributed by atoms with E-state index in [-0.39, 0.29) is 5.78 Å². The summed E-state index contributed by atoms with van der Waals surface area (Å²) in [5.74, 6) is 1.54. The molecule has 0 aliphatic heterocycles. The molecular weight excluding hydrogens is 240 g/mol. The molecule has 1 aromatic heterocycles. The third kappa shape index (κ3) is 3.16. The van der Waals surface area contributed by atoms with E-state index in [4.69, 9.17) is 4.74 Å². The average molecular weight is 256 g/mol. The van der Waals surface area contributed by atoms with Crippen LogP contribution in [0.5, 0.6) is 5.75 Å². The molecule has 4 nitrogen and oxygen atoms in total. The van der Waals surface area contributed by atoms with E-state index >= 15 is 0 Å². The van der Waals surface area contributed by atoms with Gasteiger partial charge in [-0.1, -0.05) is 12.1 Å². The van der Waals surface area contributed by atoms with Gasteiger partial charge in [0.15, 0.2) is 5.78 Å². The highest BCUT2D eigenvalue weighted by molar-refractivity contribution is 5.94. The summed E-state index contributed by atoms with van der Waals surface area (Å²) in [5, 5.41) is 0. The van der Waals surface area contributed by atoms with Gasteiger partial charge >= 0.3 is 0 Å². The third-order valence-electron chi connectivity index (χ3n) is 2.93. The quantitative estimate of drug-likeness (QED) is 0.789. The smallest absolute Gasteiger partial charge is 0.163 e. The Morgan fingerprint density at radius 1 is 1.26 bits per heavy atom. The molecule has 2 aromatic rings. The fourth-order valence-electron chi connectivity index (χ4n) is 1.87. The topological polar surface area (TPSA) is 52.1 Å². The molecule has 0 saturated carbocycles. The lowest BCUT2D eigenvalue weighted by Gasteiger charge is -2.05. The Hall–Kier alpha value is -2.23. The molecule has 98 valence electrons. The number of carbonyl (C=O) groups is 1. The number of methoxy groups -OCH3 is 1. The highest BCUT2D eigenvalue weighted by atomic mass is 16.5. The van der Waals surface area contributed by atoms with Gasteiger partial charge in [0.2, 0.25) is 0 Å². The van der Waals surface area contributed by atoms with Crippen molar-refractivity contribution < 1.29 is 9.53 Å². The summed E-state index contributed by atoms with van der Waals surface area (Å²) in [4.78, 5) is 19.9. The van der Waals surface area contributed by atoms with E-state index in [9.17, 15) is 4.79 Å². The number of rotatable bonds is 4. The van der Waals surface area contributed by atoms with Gasteiger partial charge in [-0.05, 0) is 31.5 Å². The molecule has 0 atom stereocenters. The van der Waals surface area contributed by atoms with E-state index in [1.807, 2.05) is 31.2 Å². The largest absolute Gasteiger partial charge is 0.497 e. The number of carbonyl (C=O) groups excluding carboxylic acids is 1. The minimum absolute atomic E-state index is 0.00602. The second-order valence-corrected chi connectivity index (χ2v) is 4.37. The first kappa shape index (κ1) is 13.2. The molecule has 19 heavy (non-hydrogen) atoms. The third-order valence-corrected chi connectivity index (χ3v) is 2.93. The van der Waals surface area contributed by atoms with E-state index in [1.54, 1.807) is 13.3 Å². The standard InChI is InChI=1S/C15H16N2O2/c1-10-14(11(2)18)9-16-15(17-10)8-12-4-6-13(19-3)7-5-12/h4-7,9H,8H2,1-3H3. The van der Waals surface area contributed by atoms with Crippen molar-refractivity contribution in [2.75, 3.05) is 7.11 Å². The van der Waals surface area contributed by atoms with Gasteiger partial charge in [0.05, 0.1) is 18.4 Å². The number of hydrogen-bond acceptors (Lipinski definition) is 4. The summed E-state index contributed by atoms with van der Waals surface area (Å²) < 4.78 is 5.11. The Morgan fingerprint density at radius 3 is 2.47 bits per heavy atom. The summed E-state index contributed by atoms with van der Waals surface area (Å²) in [7, 11) is 1.64. The van der Waals surface area contributed by atoms with Gasteiger partial charge in [0.1, 0.15) is 11.6 Å². The van der Waals surface area contributed by atoms with Gasteiger partial charge in [-0.15, -0.1) is 0 Å². The van der Waals surface area contributed by atoms with Crippen LogP contribution in [0.2, 0.25) is 0 Å². The number of nitrogens with zero attached hydrogens (tertiary/aromatic N) is 2. The predicted molar refractivity (Wildman–Crippen MR) is 72.6 cm³/mol. The van der Waals surface area contributed by atoms with Crippen LogP contribution in [-0.4, -0.2) is 22.9 Å². The van der Waals surface area contributed by atoms with Crippen LogP contribution in [0.15, 0.2) is 30.5 Å². The van der Waals surface area contributed by atoms with Gasteiger partial charge < -0.3 is 4.74 Å². The first-order chi connectivity index (χ1) is 9.10. The van der Waals surface area contributed by atoms with Crippen molar-refractivity contribution in [2.45, 2.75) is 20.3 Å². The number of ketones is 1. The molecule has 4 heteroatoms. The van der Waals surface area contributed by atoms with Crippen molar-refractivity contribution >= 4 is 5.78 Å². The zero-order valence-electron chi connectivity index (χ0n) is 11.3. The van der Waals surface area contributed by atoms with E-state index in [0.29, 0.717) is 17.8 Å². The molecule has 2 rings (SSSR count). The molecule has 0 amide bonds. The van der Waals surface area contributed by atoms with Gasteiger partial charge in [-0.3, -0.25) is 4.79 Å². The number of ether oxygens (including phenoxy) is 1. The molecule has 1 aromatic carbocycles. The first-order valence-electron chi connectivity index (χ1n) is 6.06. The van der Waals surface area contributed by atoms with Crippen molar-refractivity contribution in [1.82, 2.24) is 9.97 Å². The Kier molecular flexibility index (Phi) is 3.90. The molecule has 0 spiro atoms. The SMILES string of the molecule is COc1ccc(Cc2ncc(C(C)=O)c(C)n2)cc1. The van der Waals surface area contributed by atoms with E-state index in [2.05, 4.69) is 9.97 Å². The summed E-state index contributed by atoms with van der Waals surface area (Å²) in [6.07, 6.45) is 2.24. The van der Waals surface area contributed by atoms with E-state index < -0.39 is 0 Å². The second-order valence-electron chi connectivity index (χ2n) is 4.37. The predicted octanol–water partition coefficient (Wildman–Crippen LogP) is 2.59. The first-order valence-corrected chi connectivity index (χ1v) is 6.06. The van der Waals surface area contributed by atoms with Crippen molar-refractivity contribution in [2.24, 2.45) is 0 Å². The highest BCUT2D eigenvalue weighted by Gasteiger charge is 2.07. The normalized spacial score (nSPS) is 10.3. The number of aromatic nitrogens is 2. The number of aryl methyl sites for hydroxylation is 1. The zero-order chi connectivity index (χ0) is 13.8. The number of hydrogen-bond donors (Lipinski definition) is 0. The van der Waals surface area contributed by atoms with Gasteiger partial charge in [-0.2, -0.15) is 0 Å². The molecule has 0 fully saturated rings. The minimum Gasteiger partial charge on any atom is -0.497 e. The molecule has 1 heterocycles. The van der Waals surface area contributed by atoms with E-state index in [0.717, 1.165) is 17.0 Å². The van der Waals surface area contributed by atoms with Crippen LogP contribution in [0.4, 0.5) is 0 Å². The fraction of sp³-hybridized carbons (Fsp3) is 0.267. The number of Topliss-reactive ketones (excluding diaryl/α,β-unsaturated/α-hetero) is 1. The van der Waals surface area contributed by atoms with Crippen LogP contribution < -0.4 is 4.74 Å².